The number of alkyl carbamates (subject to hydrolysis) is 1. The molecule has 0 unspecified atom stereocenters. The zero-order valence-corrected chi connectivity index (χ0v) is 12.0. The number of ether oxygens (including phenoxy) is 1. The number of rotatable bonds is 4. The minimum Gasteiger partial charge on any atom is -0.445 e. The van der Waals surface area contributed by atoms with Gasteiger partial charge in [0.25, 0.3) is 0 Å². The van der Waals surface area contributed by atoms with Gasteiger partial charge in [0, 0.05) is 6.54 Å². The van der Waals surface area contributed by atoms with E-state index in [9.17, 15) is 4.79 Å². The van der Waals surface area contributed by atoms with Crippen molar-refractivity contribution in [2.24, 2.45) is 5.92 Å². The molecule has 1 amide bonds. The van der Waals surface area contributed by atoms with Crippen LogP contribution in [0.5, 0.6) is 0 Å². The SMILES string of the molecule is CC.O=C(NCC1CCCC1)OCc1ccccc1. The van der Waals surface area contributed by atoms with Gasteiger partial charge >= 0.3 is 6.09 Å². The summed E-state index contributed by atoms with van der Waals surface area (Å²) >= 11 is 0. The minimum atomic E-state index is -0.305. The van der Waals surface area contributed by atoms with Crippen molar-refractivity contribution in [2.75, 3.05) is 6.54 Å². The molecule has 1 N–H and O–H groups in total. The Balaban J connectivity index is 0.000000861. The zero-order valence-electron chi connectivity index (χ0n) is 12.0. The van der Waals surface area contributed by atoms with E-state index < -0.39 is 0 Å². The highest BCUT2D eigenvalue weighted by molar-refractivity contribution is 5.67. The molecule has 0 radical (unpaired) electrons. The molecule has 0 aliphatic heterocycles. The summed E-state index contributed by atoms with van der Waals surface area (Å²) in [5.74, 6) is 0.652. The largest absolute Gasteiger partial charge is 0.445 e. The molecule has 1 aromatic rings. The van der Waals surface area contributed by atoms with Gasteiger partial charge in [-0.2, -0.15) is 0 Å². The van der Waals surface area contributed by atoms with Gasteiger partial charge in [-0.15, -0.1) is 0 Å². The summed E-state index contributed by atoms with van der Waals surface area (Å²) in [6, 6.07) is 9.72. The average molecular weight is 263 g/mol. The van der Waals surface area contributed by atoms with Gasteiger partial charge in [0.05, 0.1) is 0 Å². The third-order valence-corrected chi connectivity index (χ3v) is 3.22. The summed E-state index contributed by atoms with van der Waals surface area (Å²) in [6.45, 7) is 5.10. The molecule has 106 valence electrons. The maximum Gasteiger partial charge on any atom is 0.407 e. The lowest BCUT2D eigenvalue weighted by atomic mass is 10.1. The number of hydrogen-bond acceptors (Lipinski definition) is 2. The first-order chi connectivity index (χ1) is 9.34. The molecule has 1 aromatic carbocycles. The molecule has 19 heavy (non-hydrogen) atoms. The monoisotopic (exact) mass is 263 g/mol. The summed E-state index contributed by atoms with van der Waals surface area (Å²) in [5.41, 5.74) is 1.02. The number of carbonyl (C=O) groups excluding carboxylic acids is 1. The number of hydrogen-bond donors (Lipinski definition) is 1. The third-order valence-electron chi connectivity index (χ3n) is 3.22. The molecule has 3 heteroatoms. The molecule has 2 rings (SSSR count). The maximum atomic E-state index is 11.4. The Morgan fingerprint density at radius 1 is 1.21 bits per heavy atom. The number of carbonyl (C=O) groups is 1. The second-order valence-electron chi connectivity index (χ2n) is 4.59. The van der Waals surface area contributed by atoms with E-state index >= 15 is 0 Å². The van der Waals surface area contributed by atoms with Crippen molar-refractivity contribution in [3.05, 3.63) is 35.9 Å². The highest BCUT2D eigenvalue weighted by Crippen LogP contribution is 2.23. The lowest BCUT2D eigenvalue weighted by Gasteiger charge is -2.10. The molecule has 1 fully saturated rings. The van der Waals surface area contributed by atoms with Crippen molar-refractivity contribution in [1.82, 2.24) is 5.32 Å². The lowest BCUT2D eigenvalue weighted by Crippen LogP contribution is -2.28. The zero-order chi connectivity index (χ0) is 13.9. The van der Waals surface area contributed by atoms with Crippen molar-refractivity contribution in [3.8, 4) is 0 Å². The van der Waals surface area contributed by atoms with Crippen molar-refractivity contribution >= 4 is 6.09 Å². The fourth-order valence-corrected chi connectivity index (χ4v) is 2.22. The van der Waals surface area contributed by atoms with Crippen LogP contribution in [0.3, 0.4) is 0 Å². The van der Waals surface area contributed by atoms with Gasteiger partial charge in [-0.1, -0.05) is 57.0 Å². The number of nitrogens with one attached hydrogen (secondary N) is 1. The van der Waals surface area contributed by atoms with E-state index in [-0.39, 0.29) is 6.09 Å². The van der Waals surface area contributed by atoms with Crippen LogP contribution < -0.4 is 5.32 Å². The first-order valence-electron chi connectivity index (χ1n) is 7.29. The summed E-state index contributed by atoms with van der Waals surface area (Å²) in [7, 11) is 0. The van der Waals surface area contributed by atoms with Gasteiger partial charge in [-0.3, -0.25) is 0 Å². The van der Waals surface area contributed by atoms with Crippen molar-refractivity contribution in [1.29, 1.82) is 0 Å². The van der Waals surface area contributed by atoms with Gasteiger partial charge in [0.15, 0.2) is 0 Å². The molecular weight excluding hydrogens is 238 g/mol. The summed E-state index contributed by atoms with van der Waals surface area (Å²) in [4.78, 5) is 11.4. The fourth-order valence-electron chi connectivity index (χ4n) is 2.22. The van der Waals surface area contributed by atoms with Crippen LogP contribution in [0, 0.1) is 5.92 Å². The second kappa shape index (κ2) is 9.42. The van der Waals surface area contributed by atoms with Crippen LogP contribution in [-0.2, 0) is 11.3 Å². The van der Waals surface area contributed by atoms with E-state index in [2.05, 4.69) is 5.32 Å². The molecule has 0 heterocycles. The van der Waals surface area contributed by atoms with Gasteiger partial charge in [-0.25, -0.2) is 4.79 Å². The standard InChI is InChI=1S/C14H19NO2.C2H6/c16-14(15-10-12-6-4-5-7-12)17-11-13-8-2-1-3-9-13;1-2/h1-3,8-9,12H,4-7,10-11H2,(H,15,16);1-2H3. The molecule has 1 aliphatic rings. The van der Waals surface area contributed by atoms with Crippen molar-refractivity contribution in [2.45, 2.75) is 46.1 Å². The highest BCUT2D eigenvalue weighted by atomic mass is 16.5. The van der Waals surface area contributed by atoms with E-state index in [0.29, 0.717) is 12.5 Å². The summed E-state index contributed by atoms with van der Waals surface area (Å²) < 4.78 is 5.14. The van der Waals surface area contributed by atoms with Crippen LogP contribution in [0.1, 0.15) is 45.1 Å². The summed E-state index contributed by atoms with van der Waals surface area (Å²) in [6.07, 6.45) is 4.76. The lowest BCUT2D eigenvalue weighted by molar-refractivity contribution is 0.138. The second-order valence-corrected chi connectivity index (χ2v) is 4.59. The molecule has 0 aromatic heterocycles. The van der Waals surface area contributed by atoms with Gasteiger partial charge in [0.2, 0.25) is 0 Å². The molecule has 1 saturated carbocycles. The minimum absolute atomic E-state index is 0.305. The van der Waals surface area contributed by atoms with Crippen LogP contribution in [0.15, 0.2) is 30.3 Å². The van der Waals surface area contributed by atoms with Crippen LogP contribution in [0.2, 0.25) is 0 Å². The topological polar surface area (TPSA) is 38.3 Å². The van der Waals surface area contributed by atoms with Crippen LogP contribution in [-0.4, -0.2) is 12.6 Å². The normalized spacial score (nSPS) is 14.4. The summed E-state index contributed by atoms with van der Waals surface area (Å²) in [5, 5.41) is 2.83. The van der Waals surface area contributed by atoms with E-state index in [1.165, 1.54) is 25.7 Å². The molecule has 0 saturated heterocycles. The van der Waals surface area contributed by atoms with Gasteiger partial charge in [-0.05, 0) is 24.3 Å². The predicted octanol–water partition coefficient (Wildman–Crippen LogP) is 4.13. The van der Waals surface area contributed by atoms with Gasteiger partial charge in [0.1, 0.15) is 6.61 Å². The molecule has 3 nitrogen and oxygen atoms in total. The maximum absolute atomic E-state index is 11.4. The first kappa shape index (κ1) is 15.5. The molecule has 0 atom stereocenters. The van der Waals surface area contributed by atoms with Crippen LogP contribution >= 0.6 is 0 Å². The smallest absolute Gasteiger partial charge is 0.407 e. The van der Waals surface area contributed by atoms with E-state index in [1.807, 2.05) is 44.2 Å². The van der Waals surface area contributed by atoms with Crippen molar-refractivity contribution in [3.63, 3.8) is 0 Å². The molecular formula is C16H25NO2. The third kappa shape index (κ3) is 6.27. The molecule has 0 spiro atoms. The first-order valence-corrected chi connectivity index (χ1v) is 7.29. The Labute approximate surface area is 116 Å². The Morgan fingerprint density at radius 2 is 1.84 bits per heavy atom. The van der Waals surface area contributed by atoms with E-state index in [1.54, 1.807) is 0 Å². The Morgan fingerprint density at radius 3 is 2.47 bits per heavy atom. The van der Waals surface area contributed by atoms with Crippen LogP contribution in [0.25, 0.3) is 0 Å². The number of amides is 1. The van der Waals surface area contributed by atoms with Crippen molar-refractivity contribution < 1.29 is 9.53 Å². The fraction of sp³-hybridized carbons (Fsp3) is 0.562. The van der Waals surface area contributed by atoms with E-state index in [0.717, 1.165) is 12.1 Å². The predicted molar refractivity (Wildman–Crippen MR) is 77.9 cm³/mol. The molecule has 1 aliphatic carbocycles. The Hall–Kier alpha value is -1.51. The number of benzene rings is 1. The Kier molecular flexibility index (Phi) is 7.71. The Bertz CT molecular complexity index is 345. The van der Waals surface area contributed by atoms with Crippen LogP contribution in [0.4, 0.5) is 4.79 Å². The highest BCUT2D eigenvalue weighted by Gasteiger charge is 2.15. The quantitative estimate of drug-likeness (QED) is 0.887. The van der Waals surface area contributed by atoms with E-state index in [4.69, 9.17) is 4.74 Å². The van der Waals surface area contributed by atoms with Gasteiger partial charge < -0.3 is 10.1 Å². The molecule has 0 bridgehead atoms. The average Bonchev–Trinajstić information content (AvgIpc) is 2.99.